The summed E-state index contributed by atoms with van der Waals surface area (Å²) in [5.41, 5.74) is 6.56. The van der Waals surface area contributed by atoms with Crippen molar-refractivity contribution in [2.45, 2.75) is 32.3 Å². The van der Waals surface area contributed by atoms with Crippen molar-refractivity contribution in [3.05, 3.63) is 27.7 Å². The van der Waals surface area contributed by atoms with Gasteiger partial charge in [-0.3, -0.25) is 4.79 Å². The number of nitrogens with zero attached hydrogens (tertiary/aromatic N) is 1. The molecular formula is C15H20Cl2N2O2. The summed E-state index contributed by atoms with van der Waals surface area (Å²) < 4.78 is 5.75. The Morgan fingerprint density at radius 3 is 2.90 bits per heavy atom. The number of carbonyl (C=O) groups is 1. The molecule has 2 N–H and O–H groups in total. The predicted octanol–water partition coefficient (Wildman–Crippen LogP) is 3.61. The number of ether oxygens (including phenoxy) is 1. The molecule has 1 aromatic rings. The molecule has 21 heavy (non-hydrogen) atoms. The Bertz CT molecular complexity index is 499. The van der Waals surface area contributed by atoms with Gasteiger partial charge in [0.2, 0.25) is 0 Å². The zero-order chi connectivity index (χ0) is 15.4. The zero-order valence-electron chi connectivity index (χ0n) is 12.1. The van der Waals surface area contributed by atoms with Crippen molar-refractivity contribution in [3.63, 3.8) is 0 Å². The summed E-state index contributed by atoms with van der Waals surface area (Å²) in [6.07, 6.45) is 3.03. The monoisotopic (exact) mass is 330 g/mol. The predicted molar refractivity (Wildman–Crippen MR) is 86.0 cm³/mol. The van der Waals surface area contributed by atoms with Crippen LogP contribution in [0.5, 0.6) is 0 Å². The van der Waals surface area contributed by atoms with Crippen LogP contribution in [0.25, 0.3) is 0 Å². The van der Waals surface area contributed by atoms with E-state index in [4.69, 9.17) is 33.7 Å². The first-order chi connectivity index (χ1) is 10.0. The minimum absolute atomic E-state index is 0.0786. The highest BCUT2D eigenvalue weighted by Gasteiger charge is 2.25. The van der Waals surface area contributed by atoms with E-state index in [9.17, 15) is 4.79 Å². The number of nitrogen functional groups attached to an aromatic ring is 1. The second-order valence-electron chi connectivity index (χ2n) is 5.25. The number of hydrogen-bond acceptors (Lipinski definition) is 3. The minimum atomic E-state index is -0.0786. The smallest absolute Gasteiger partial charge is 0.254 e. The number of piperidine rings is 1. The Balaban J connectivity index is 2.09. The zero-order valence-corrected chi connectivity index (χ0v) is 13.6. The third-order valence-electron chi connectivity index (χ3n) is 3.53. The van der Waals surface area contributed by atoms with Crippen molar-refractivity contribution >= 4 is 34.8 Å². The van der Waals surface area contributed by atoms with Crippen molar-refractivity contribution in [2.75, 3.05) is 25.4 Å². The van der Waals surface area contributed by atoms with Gasteiger partial charge in [-0.1, -0.05) is 30.1 Å². The lowest BCUT2D eigenvalue weighted by molar-refractivity contribution is 0.00211. The molecule has 0 bridgehead atoms. The van der Waals surface area contributed by atoms with Gasteiger partial charge in [0.1, 0.15) is 0 Å². The number of likely N-dealkylation sites (tertiary alicyclic amines) is 1. The molecule has 1 aromatic carbocycles. The normalized spacial score (nSPS) is 18.8. The van der Waals surface area contributed by atoms with Gasteiger partial charge in [-0.05, 0) is 31.4 Å². The van der Waals surface area contributed by atoms with Crippen LogP contribution in [-0.4, -0.2) is 36.6 Å². The van der Waals surface area contributed by atoms with Crippen LogP contribution >= 0.6 is 23.2 Å². The van der Waals surface area contributed by atoms with Gasteiger partial charge in [0, 0.05) is 25.3 Å². The van der Waals surface area contributed by atoms with Crippen LogP contribution in [0, 0.1) is 0 Å². The largest absolute Gasteiger partial charge is 0.397 e. The standard InChI is InChI=1S/C15H20Cl2N2O2/c1-2-6-21-11-4-3-5-19(9-11)15(20)10-7-12(16)14(17)13(18)8-10/h7-8,11H,2-6,9,18H2,1H3. The number of hydrogen-bond donors (Lipinski definition) is 1. The van der Waals surface area contributed by atoms with Gasteiger partial charge in [0.15, 0.2) is 0 Å². The van der Waals surface area contributed by atoms with E-state index in [0.29, 0.717) is 22.8 Å². The van der Waals surface area contributed by atoms with Gasteiger partial charge in [-0.25, -0.2) is 0 Å². The molecule has 1 fully saturated rings. The highest BCUT2D eigenvalue weighted by atomic mass is 35.5. The molecule has 0 saturated carbocycles. The molecule has 0 radical (unpaired) electrons. The molecule has 0 spiro atoms. The van der Waals surface area contributed by atoms with Crippen LogP contribution in [0.3, 0.4) is 0 Å². The van der Waals surface area contributed by atoms with Crippen LogP contribution < -0.4 is 5.73 Å². The van der Waals surface area contributed by atoms with Crippen molar-refractivity contribution in [2.24, 2.45) is 0 Å². The molecule has 6 heteroatoms. The molecule has 116 valence electrons. The lowest BCUT2D eigenvalue weighted by Crippen LogP contribution is -2.43. The van der Waals surface area contributed by atoms with Crippen molar-refractivity contribution in [3.8, 4) is 0 Å². The third-order valence-corrected chi connectivity index (χ3v) is 4.34. The first-order valence-electron chi connectivity index (χ1n) is 7.18. The van der Waals surface area contributed by atoms with E-state index in [1.165, 1.54) is 0 Å². The molecule has 2 rings (SSSR count). The Morgan fingerprint density at radius 2 is 2.24 bits per heavy atom. The fraction of sp³-hybridized carbons (Fsp3) is 0.533. The number of amides is 1. The maximum absolute atomic E-state index is 12.5. The van der Waals surface area contributed by atoms with Crippen LogP contribution in [0.1, 0.15) is 36.5 Å². The number of rotatable bonds is 4. The van der Waals surface area contributed by atoms with E-state index in [1.54, 1.807) is 17.0 Å². The van der Waals surface area contributed by atoms with E-state index in [2.05, 4.69) is 6.92 Å². The fourth-order valence-electron chi connectivity index (χ4n) is 2.46. The van der Waals surface area contributed by atoms with E-state index >= 15 is 0 Å². The van der Waals surface area contributed by atoms with Crippen molar-refractivity contribution < 1.29 is 9.53 Å². The Kier molecular flexibility index (Phi) is 5.73. The quantitative estimate of drug-likeness (QED) is 0.858. The topological polar surface area (TPSA) is 55.6 Å². The van der Waals surface area contributed by atoms with Gasteiger partial charge in [0.25, 0.3) is 5.91 Å². The molecule has 1 atom stereocenters. The molecule has 0 aromatic heterocycles. The minimum Gasteiger partial charge on any atom is -0.397 e. The van der Waals surface area contributed by atoms with Gasteiger partial charge < -0.3 is 15.4 Å². The second-order valence-corrected chi connectivity index (χ2v) is 6.03. The highest BCUT2D eigenvalue weighted by Crippen LogP contribution is 2.30. The summed E-state index contributed by atoms with van der Waals surface area (Å²) in [6.45, 7) is 4.14. The summed E-state index contributed by atoms with van der Waals surface area (Å²) in [7, 11) is 0. The van der Waals surface area contributed by atoms with Crippen LogP contribution in [-0.2, 0) is 4.74 Å². The molecule has 4 nitrogen and oxygen atoms in total. The Labute approximate surface area is 135 Å². The molecule has 1 amide bonds. The van der Waals surface area contributed by atoms with Crippen LogP contribution in [0.2, 0.25) is 10.0 Å². The number of halogens is 2. The Hall–Kier alpha value is -0.970. The summed E-state index contributed by atoms with van der Waals surface area (Å²) >= 11 is 11.9. The molecular weight excluding hydrogens is 311 g/mol. The van der Waals surface area contributed by atoms with Crippen LogP contribution in [0.15, 0.2) is 12.1 Å². The molecule has 1 saturated heterocycles. The number of nitrogens with two attached hydrogens (primary N) is 1. The summed E-state index contributed by atoms with van der Waals surface area (Å²) in [5, 5.41) is 0.590. The van der Waals surface area contributed by atoms with Gasteiger partial charge in [-0.2, -0.15) is 0 Å². The maximum atomic E-state index is 12.5. The lowest BCUT2D eigenvalue weighted by atomic mass is 10.1. The molecule has 1 heterocycles. The first-order valence-corrected chi connectivity index (χ1v) is 7.94. The maximum Gasteiger partial charge on any atom is 0.254 e. The van der Waals surface area contributed by atoms with Crippen molar-refractivity contribution in [1.82, 2.24) is 4.90 Å². The average Bonchev–Trinajstić information content (AvgIpc) is 2.49. The van der Waals surface area contributed by atoms with Crippen molar-refractivity contribution in [1.29, 1.82) is 0 Å². The SMILES string of the molecule is CCCOC1CCCN(C(=O)c2cc(N)c(Cl)c(Cl)c2)C1. The van der Waals surface area contributed by atoms with E-state index in [-0.39, 0.29) is 17.0 Å². The molecule has 1 aliphatic heterocycles. The van der Waals surface area contributed by atoms with Crippen LogP contribution in [0.4, 0.5) is 5.69 Å². The van der Waals surface area contributed by atoms with Gasteiger partial charge in [-0.15, -0.1) is 0 Å². The van der Waals surface area contributed by atoms with Gasteiger partial charge in [0.05, 0.1) is 21.8 Å². The molecule has 1 unspecified atom stereocenters. The van der Waals surface area contributed by atoms with E-state index in [1.807, 2.05) is 0 Å². The first kappa shape index (κ1) is 16.4. The summed E-state index contributed by atoms with van der Waals surface area (Å²) in [5.74, 6) is -0.0786. The second kappa shape index (κ2) is 7.34. The fourth-order valence-corrected chi connectivity index (χ4v) is 2.80. The van der Waals surface area contributed by atoms with E-state index in [0.717, 1.165) is 32.4 Å². The molecule has 1 aliphatic rings. The van der Waals surface area contributed by atoms with Gasteiger partial charge >= 0.3 is 0 Å². The number of anilines is 1. The number of carbonyl (C=O) groups excluding carboxylic acids is 1. The average molecular weight is 331 g/mol. The number of benzene rings is 1. The Morgan fingerprint density at radius 1 is 1.48 bits per heavy atom. The van der Waals surface area contributed by atoms with E-state index < -0.39 is 0 Å². The summed E-state index contributed by atoms with van der Waals surface area (Å²) in [4.78, 5) is 14.3. The summed E-state index contributed by atoms with van der Waals surface area (Å²) in [6, 6.07) is 3.14. The lowest BCUT2D eigenvalue weighted by Gasteiger charge is -2.32. The molecule has 0 aliphatic carbocycles. The highest BCUT2D eigenvalue weighted by molar-refractivity contribution is 6.43. The third kappa shape index (κ3) is 4.02.